The summed E-state index contributed by atoms with van der Waals surface area (Å²) >= 11 is 0.357. The van der Waals surface area contributed by atoms with Crippen molar-refractivity contribution in [2.45, 2.75) is 122 Å². The van der Waals surface area contributed by atoms with Crippen LogP contribution in [0.25, 0.3) is 0 Å². The normalized spacial score (nSPS) is 43.9. The van der Waals surface area contributed by atoms with E-state index in [1.165, 1.54) is 0 Å². The van der Waals surface area contributed by atoms with Gasteiger partial charge in [-0.15, -0.1) is 8.67 Å². The van der Waals surface area contributed by atoms with Crippen molar-refractivity contribution in [1.29, 1.82) is 0 Å². The molecule has 0 aromatic rings. The molecule has 5 N–H and O–H groups in total. The first-order valence-corrected chi connectivity index (χ1v) is 17.9. The third-order valence-corrected chi connectivity index (χ3v) is 12.7. The topological polar surface area (TPSA) is 218 Å². The van der Waals surface area contributed by atoms with Gasteiger partial charge in [0.2, 0.25) is 0 Å². The standard InChI is InChI=1S/C30H48O16S2/c1-14(2)9-22(32)40-25-24(42-48-46-44-37)23(41-47-45-43-36)20(13-31)39-28(25)38-17-10-18(27(34)35)19-7-8-30-11-16(15(3)26(30)33)5-6-21(30)29(19,4)12-17/h14-21,23-26,28,31,33,36-37H,5-13H2,1-4H3,(H,34,35)/t15?,16?,17?,18?,19?,20-,21?,23-,24-,25?,26+,28-,29?,30?/m1/s1. The molecule has 0 aromatic heterocycles. The van der Waals surface area contributed by atoms with E-state index in [-0.39, 0.29) is 66.6 Å². The second kappa shape index (κ2) is 16.2. The first-order chi connectivity index (χ1) is 22.9. The summed E-state index contributed by atoms with van der Waals surface area (Å²) in [5.74, 6) is -1.72. The Morgan fingerprint density at radius 3 is 2.31 bits per heavy atom. The summed E-state index contributed by atoms with van der Waals surface area (Å²) in [5, 5.41) is 56.9. The number of carbonyl (C=O) groups excluding carboxylic acids is 1. The molecular weight excluding hydrogens is 680 g/mol. The number of aliphatic hydroxyl groups excluding tert-OH is 2. The number of hydrogen-bond donors (Lipinski definition) is 5. The van der Waals surface area contributed by atoms with Gasteiger partial charge in [0.25, 0.3) is 0 Å². The summed E-state index contributed by atoms with van der Waals surface area (Å²) in [6.07, 6.45) is -2.64. The Bertz CT molecular complexity index is 1100. The number of ether oxygens (including phenoxy) is 3. The molecule has 5 fully saturated rings. The number of aliphatic carboxylic acids is 1. The van der Waals surface area contributed by atoms with Crippen LogP contribution in [0.2, 0.25) is 0 Å². The van der Waals surface area contributed by atoms with Gasteiger partial charge in [-0.1, -0.05) is 37.8 Å². The Morgan fingerprint density at radius 2 is 1.69 bits per heavy atom. The molecule has 2 bridgehead atoms. The van der Waals surface area contributed by atoms with Gasteiger partial charge < -0.3 is 29.5 Å². The number of fused-ring (bicyclic) bond motifs is 3. The van der Waals surface area contributed by atoms with Crippen LogP contribution < -0.4 is 0 Å². The molecule has 14 atom stereocenters. The van der Waals surface area contributed by atoms with Gasteiger partial charge in [0.05, 0.1) is 24.7 Å². The number of aliphatic hydroxyl groups is 2. The lowest BCUT2D eigenvalue weighted by Gasteiger charge is -2.62. The fourth-order valence-electron chi connectivity index (χ4n) is 10.1. The van der Waals surface area contributed by atoms with Crippen molar-refractivity contribution in [2.75, 3.05) is 6.61 Å². The largest absolute Gasteiger partial charge is 0.481 e. The van der Waals surface area contributed by atoms with Gasteiger partial charge in [-0.05, 0) is 80.0 Å². The quantitative estimate of drug-likeness (QED) is 0.0400. The molecule has 0 radical (unpaired) electrons. The van der Waals surface area contributed by atoms with Gasteiger partial charge in [0.15, 0.2) is 37.0 Å². The smallest absolute Gasteiger partial charge is 0.306 e. The average molecular weight is 729 g/mol. The Balaban J connectivity index is 1.45. The van der Waals surface area contributed by atoms with Crippen LogP contribution in [0.4, 0.5) is 0 Å². The van der Waals surface area contributed by atoms with Crippen LogP contribution in [-0.2, 0) is 50.9 Å². The van der Waals surface area contributed by atoms with Crippen molar-refractivity contribution in [3.05, 3.63) is 0 Å². The van der Waals surface area contributed by atoms with Crippen LogP contribution >= 0.6 is 24.6 Å². The van der Waals surface area contributed by atoms with Crippen LogP contribution in [-0.4, -0.2) is 87.3 Å². The van der Waals surface area contributed by atoms with Gasteiger partial charge in [-0.2, -0.15) is 0 Å². The number of carbonyl (C=O) groups is 2. The van der Waals surface area contributed by atoms with E-state index >= 15 is 0 Å². The minimum atomic E-state index is -1.37. The maximum absolute atomic E-state index is 13.1. The van der Waals surface area contributed by atoms with Crippen molar-refractivity contribution in [3.8, 4) is 0 Å². The van der Waals surface area contributed by atoms with Gasteiger partial charge >= 0.3 is 11.9 Å². The van der Waals surface area contributed by atoms with Crippen LogP contribution in [0, 0.1) is 46.3 Å². The number of carboxylic acid groups (broad SMARTS) is 1. The van der Waals surface area contributed by atoms with E-state index in [1.807, 2.05) is 13.8 Å². The van der Waals surface area contributed by atoms with Crippen LogP contribution in [0.1, 0.15) is 79.1 Å². The van der Waals surface area contributed by atoms with E-state index in [0.717, 1.165) is 25.7 Å². The molecule has 16 nitrogen and oxygen atoms in total. The third-order valence-electron chi connectivity index (χ3n) is 11.9. The van der Waals surface area contributed by atoms with E-state index in [0.29, 0.717) is 18.8 Å². The molecule has 18 heteroatoms. The lowest BCUT2D eigenvalue weighted by molar-refractivity contribution is -0.436. The molecule has 4 saturated carbocycles. The SMILES string of the molecule is CC(C)CC(=O)OC1[C@H](OC2CC(C(=O)O)C3CCC45CC(CCC4C3(C)C2)C(C)[C@@H]5O)O[C@H](CO)[C@@H](OSOOO)[C@H]1OSOOO. The average Bonchev–Trinajstić information content (AvgIpc) is 3.21. The Labute approximate surface area is 287 Å². The van der Waals surface area contributed by atoms with E-state index in [9.17, 15) is 24.9 Å². The molecule has 1 aliphatic heterocycles. The number of carboxylic acids is 1. The summed E-state index contributed by atoms with van der Waals surface area (Å²) in [5.41, 5.74) is -0.749. The fraction of sp³-hybridized carbons (Fsp3) is 0.933. The maximum Gasteiger partial charge on any atom is 0.306 e. The van der Waals surface area contributed by atoms with Crippen molar-refractivity contribution in [3.63, 3.8) is 0 Å². The van der Waals surface area contributed by atoms with Gasteiger partial charge in [-0.25, -0.2) is 10.5 Å². The molecule has 9 unspecified atom stereocenters. The van der Waals surface area contributed by atoms with Crippen molar-refractivity contribution in [2.24, 2.45) is 46.3 Å². The summed E-state index contributed by atoms with van der Waals surface area (Å²) in [7, 11) is 0. The van der Waals surface area contributed by atoms with Gasteiger partial charge in [0, 0.05) is 11.8 Å². The van der Waals surface area contributed by atoms with E-state index in [2.05, 4.69) is 32.6 Å². The fourth-order valence-corrected chi connectivity index (χ4v) is 10.8. The Kier molecular flexibility index (Phi) is 13.0. The van der Waals surface area contributed by atoms with E-state index in [4.69, 9.17) is 33.1 Å². The predicted molar refractivity (Wildman–Crippen MR) is 164 cm³/mol. The number of rotatable bonds is 15. The van der Waals surface area contributed by atoms with Crippen molar-refractivity contribution >= 4 is 36.6 Å². The van der Waals surface area contributed by atoms with Gasteiger partial charge in [0.1, 0.15) is 18.3 Å². The highest BCUT2D eigenvalue weighted by Gasteiger charge is 2.67. The zero-order valence-corrected chi connectivity index (χ0v) is 29.0. The second-order valence-electron chi connectivity index (χ2n) is 14.7. The monoisotopic (exact) mass is 728 g/mol. The van der Waals surface area contributed by atoms with E-state index in [1.54, 1.807) is 0 Å². The molecule has 1 heterocycles. The lowest BCUT2D eigenvalue weighted by atomic mass is 9.43. The molecule has 276 valence electrons. The summed E-state index contributed by atoms with van der Waals surface area (Å²) in [6.45, 7) is 7.29. The summed E-state index contributed by atoms with van der Waals surface area (Å²) < 4.78 is 38.5. The molecule has 4 aliphatic carbocycles. The lowest BCUT2D eigenvalue weighted by Crippen LogP contribution is -2.63. The molecule has 0 amide bonds. The Morgan fingerprint density at radius 1 is 1.00 bits per heavy atom. The van der Waals surface area contributed by atoms with Crippen LogP contribution in [0.15, 0.2) is 0 Å². The maximum atomic E-state index is 13.1. The van der Waals surface area contributed by atoms with Crippen LogP contribution in [0.3, 0.4) is 0 Å². The molecular formula is C30H48O16S2. The second-order valence-corrected chi connectivity index (χ2v) is 15.7. The van der Waals surface area contributed by atoms with Crippen molar-refractivity contribution in [1.82, 2.24) is 0 Å². The molecule has 48 heavy (non-hydrogen) atoms. The highest BCUT2D eigenvalue weighted by atomic mass is 32.2. The predicted octanol–water partition coefficient (Wildman–Crippen LogP) is 4.11. The van der Waals surface area contributed by atoms with Crippen molar-refractivity contribution < 1.29 is 76.7 Å². The zero-order valence-electron chi connectivity index (χ0n) is 27.4. The molecule has 5 aliphatic rings. The number of hydrogen-bond acceptors (Lipinski definition) is 17. The van der Waals surface area contributed by atoms with Crippen LogP contribution in [0.5, 0.6) is 0 Å². The highest BCUT2D eigenvalue weighted by molar-refractivity contribution is 7.90. The molecule has 1 saturated heterocycles. The summed E-state index contributed by atoms with van der Waals surface area (Å²) in [6, 6.07) is 0. The molecule has 0 aromatic carbocycles. The van der Waals surface area contributed by atoms with E-state index < -0.39 is 72.8 Å². The number of esters is 1. The molecule has 5 rings (SSSR count). The minimum Gasteiger partial charge on any atom is -0.481 e. The van der Waals surface area contributed by atoms with Gasteiger partial charge in [-0.3, -0.25) is 18.0 Å². The minimum absolute atomic E-state index is 0.0280. The summed E-state index contributed by atoms with van der Waals surface area (Å²) in [4.78, 5) is 25.9. The molecule has 1 spiro atoms. The third kappa shape index (κ3) is 7.53. The zero-order chi connectivity index (χ0) is 34.8. The highest BCUT2D eigenvalue weighted by Crippen LogP contribution is 2.71. The Hall–Kier alpha value is -0.840. The first kappa shape index (κ1) is 38.4. The first-order valence-electron chi connectivity index (χ1n) is 16.5.